The maximum Gasteiger partial charge on any atom is 0.305 e. The van der Waals surface area contributed by atoms with Crippen molar-refractivity contribution in [1.82, 2.24) is 4.90 Å². The molecule has 4 nitrogen and oxygen atoms in total. The highest BCUT2D eigenvalue weighted by Gasteiger charge is 2.55. The summed E-state index contributed by atoms with van der Waals surface area (Å²) in [6.45, 7) is 0.657. The van der Waals surface area contributed by atoms with Gasteiger partial charge >= 0.3 is 5.97 Å². The summed E-state index contributed by atoms with van der Waals surface area (Å²) in [5.74, 6) is 1.70. The molecule has 0 spiro atoms. The van der Waals surface area contributed by atoms with Crippen LogP contribution in [0.2, 0.25) is 0 Å². The number of esters is 1. The average molecular weight is 253 g/mol. The maximum absolute atomic E-state index is 12.2. The van der Waals surface area contributed by atoms with Crippen LogP contribution in [0.4, 0.5) is 0 Å². The van der Waals surface area contributed by atoms with Gasteiger partial charge in [0.1, 0.15) is 0 Å². The Morgan fingerprint density at radius 3 is 2.39 bits per heavy atom. The highest BCUT2D eigenvalue weighted by molar-refractivity contribution is 5.82. The Morgan fingerprint density at radius 2 is 1.83 bits per heavy atom. The van der Waals surface area contributed by atoms with Crippen molar-refractivity contribution in [2.24, 2.45) is 17.8 Å². The van der Waals surface area contributed by atoms with Crippen molar-refractivity contribution in [3.8, 4) is 0 Å². The van der Waals surface area contributed by atoms with Gasteiger partial charge in [-0.15, -0.1) is 0 Å². The van der Waals surface area contributed by atoms with Crippen LogP contribution >= 0.6 is 0 Å². The third-order valence-corrected chi connectivity index (χ3v) is 4.42. The number of carbonyl (C=O) groups excluding carboxylic acids is 2. The van der Waals surface area contributed by atoms with Crippen molar-refractivity contribution in [1.29, 1.82) is 0 Å². The Labute approximate surface area is 109 Å². The summed E-state index contributed by atoms with van der Waals surface area (Å²) < 4.78 is 4.59. The Kier molecular flexibility index (Phi) is 4.25. The number of ether oxygens (including phenoxy) is 1. The van der Waals surface area contributed by atoms with Gasteiger partial charge in [-0.2, -0.15) is 0 Å². The predicted octanol–water partition coefficient (Wildman–Crippen LogP) is 1.83. The number of hydrogen-bond donors (Lipinski definition) is 0. The zero-order valence-electron chi connectivity index (χ0n) is 11.4. The van der Waals surface area contributed by atoms with Gasteiger partial charge in [0.2, 0.25) is 5.91 Å². The van der Waals surface area contributed by atoms with Gasteiger partial charge in [-0.1, -0.05) is 12.8 Å². The Bertz CT molecular complexity index is 317. The summed E-state index contributed by atoms with van der Waals surface area (Å²) in [6.07, 6.45) is 6.13. The molecule has 18 heavy (non-hydrogen) atoms. The van der Waals surface area contributed by atoms with Crippen LogP contribution in [-0.4, -0.2) is 37.5 Å². The highest BCUT2D eigenvalue weighted by Crippen LogP contribution is 2.55. The molecule has 1 amide bonds. The first-order chi connectivity index (χ1) is 8.65. The first kappa shape index (κ1) is 13.4. The monoisotopic (exact) mass is 253 g/mol. The number of nitrogens with zero attached hydrogens (tertiary/aromatic N) is 1. The van der Waals surface area contributed by atoms with Crippen molar-refractivity contribution < 1.29 is 14.3 Å². The fourth-order valence-electron chi connectivity index (χ4n) is 3.29. The van der Waals surface area contributed by atoms with Gasteiger partial charge in [0.25, 0.3) is 0 Å². The molecule has 0 saturated heterocycles. The minimum atomic E-state index is -0.198. The Hall–Kier alpha value is -1.06. The van der Waals surface area contributed by atoms with E-state index in [0.29, 0.717) is 31.2 Å². The van der Waals surface area contributed by atoms with E-state index in [1.165, 1.54) is 32.8 Å². The van der Waals surface area contributed by atoms with E-state index in [4.69, 9.17) is 0 Å². The number of rotatable bonds is 5. The maximum atomic E-state index is 12.2. The molecule has 0 bridgehead atoms. The molecule has 2 saturated carbocycles. The van der Waals surface area contributed by atoms with Crippen LogP contribution < -0.4 is 0 Å². The highest BCUT2D eigenvalue weighted by atomic mass is 16.5. The molecule has 0 radical (unpaired) electrons. The van der Waals surface area contributed by atoms with E-state index in [1.807, 2.05) is 7.05 Å². The fraction of sp³-hybridized carbons (Fsp3) is 0.857. The van der Waals surface area contributed by atoms with Crippen LogP contribution in [0.1, 0.15) is 38.5 Å². The van der Waals surface area contributed by atoms with Crippen LogP contribution in [0.5, 0.6) is 0 Å². The quantitative estimate of drug-likeness (QED) is 0.702. The number of fused-ring (bicyclic) bond motifs is 1. The molecule has 0 aromatic rings. The predicted molar refractivity (Wildman–Crippen MR) is 67.8 cm³/mol. The van der Waals surface area contributed by atoms with E-state index >= 15 is 0 Å². The van der Waals surface area contributed by atoms with Crippen LogP contribution in [0.25, 0.3) is 0 Å². The lowest BCUT2D eigenvalue weighted by Crippen LogP contribution is -2.30. The molecule has 2 rings (SSSR count). The lowest BCUT2D eigenvalue weighted by atomic mass is 10.0. The molecule has 4 heteroatoms. The summed E-state index contributed by atoms with van der Waals surface area (Å²) in [5.41, 5.74) is 0. The molecular weight excluding hydrogens is 230 g/mol. The fourth-order valence-corrected chi connectivity index (χ4v) is 3.29. The van der Waals surface area contributed by atoms with E-state index < -0.39 is 0 Å². The zero-order valence-corrected chi connectivity index (χ0v) is 11.4. The van der Waals surface area contributed by atoms with E-state index in [0.717, 1.165) is 0 Å². The van der Waals surface area contributed by atoms with Gasteiger partial charge in [-0.05, 0) is 31.1 Å². The number of hydrogen-bond acceptors (Lipinski definition) is 3. The van der Waals surface area contributed by atoms with Crippen molar-refractivity contribution in [2.75, 3.05) is 20.7 Å². The third kappa shape index (κ3) is 2.85. The minimum Gasteiger partial charge on any atom is -0.469 e. The summed E-state index contributed by atoms with van der Waals surface area (Å²) in [6, 6.07) is 0. The van der Waals surface area contributed by atoms with Crippen LogP contribution in [0.15, 0.2) is 0 Å². The van der Waals surface area contributed by atoms with E-state index in [9.17, 15) is 9.59 Å². The lowest BCUT2D eigenvalue weighted by molar-refractivity contribution is -0.141. The van der Waals surface area contributed by atoms with Crippen molar-refractivity contribution in [2.45, 2.75) is 38.5 Å². The number of methoxy groups -OCH3 is 1. The van der Waals surface area contributed by atoms with Crippen LogP contribution in [0, 0.1) is 17.8 Å². The molecule has 0 aromatic heterocycles. The van der Waals surface area contributed by atoms with Crippen molar-refractivity contribution in [3.05, 3.63) is 0 Å². The van der Waals surface area contributed by atoms with Gasteiger partial charge in [0, 0.05) is 25.9 Å². The molecule has 102 valence electrons. The Morgan fingerprint density at radius 1 is 1.22 bits per heavy atom. The number of amides is 1. The molecule has 2 unspecified atom stereocenters. The first-order valence-corrected chi connectivity index (χ1v) is 6.97. The van der Waals surface area contributed by atoms with Gasteiger partial charge < -0.3 is 9.64 Å². The molecule has 0 aromatic carbocycles. The van der Waals surface area contributed by atoms with Crippen LogP contribution in [0.3, 0.4) is 0 Å². The second-order valence-electron chi connectivity index (χ2n) is 5.58. The van der Waals surface area contributed by atoms with E-state index in [-0.39, 0.29) is 17.8 Å². The van der Waals surface area contributed by atoms with Gasteiger partial charge in [-0.25, -0.2) is 0 Å². The topological polar surface area (TPSA) is 46.6 Å². The first-order valence-electron chi connectivity index (χ1n) is 6.97. The van der Waals surface area contributed by atoms with Gasteiger partial charge in [0.05, 0.1) is 7.11 Å². The van der Waals surface area contributed by atoms with Crippen molar-refractivity contribution >= 4 is 11.9 Å². The Balaban J connectivity index is 1.71. The van der Waals surface area contributed by atoms with Crippen LogP contribution in [-0.2, 0) is 14.3 Å². The summed E-state index contributed by atoms with van der Waals surface area (Å²) >= 11 is 0. The number of carbonyl (C=O) groups is 2. The molecular formula is C14H23NO3. The van der Waals surface area contributed by atoms with Crippen molar-refractivity contribution in [3.63, 3.8) is 0 Å². The SMILES string of the molecule is COC(=O)CCCN(C)C(=O)C1C2CCCCC21. The molecule has 0 N–H and O–H groups in total. The molecule has 2 atom stereocenters. The van der Waals surface area contributed by atoms with E-state index in [2.05, 4.69) is 4.74 Å². The van der Waals surface area contributed by atoms with Gasteiger partial charge in [-0.3, -0.25) is 9.59 Å². The second-order valence-corrected chi connectivity index (χ2v) is 5.58. The molecule has 2 aliphatic rings. The summed E-state index contributed by atoms with van der Waals surface area (Å²) in [5, 5.41) is 0. The minimum absolute atomic E-state index is 0.198. The average Bonchev–Trinajstić information content (AvgIpc) is 3.11. The standard InChI is InChI=1S/C14H23NO3/c1-15(9-5-8-12(16)18-2)14(17)13-10-6-3-4-7-11(10)13/h10-11,13H,3-9H2,1-2H3. The molecule has 2 aliphatic carbocycles. The van der Waals surface area contributed by atoms with E-state index in [1.54, 1.807) is 4.90 Å². The molecule has 2 fully saturated rings. The molecule has 0 heterocycles. The zero-order chi connectivity index (χ0) is 13.1. The summed E-state index contributed by atoms with van der Waals surface area (Å²) in [7, 11) is 3.25. The lowest BCUT2D eigenvalue weighted by Gasteiger charge is -2.17. The smallest absolute Gasteiger partial charge is 0.305 e. The third-order valence-electron chi connectivity index (χ3n) is 4.42. The second kappa shape index (κ2) is 5.72. The van der Waals surface area contributed by atoms with Gasteiger partial charge in [0.15, 0.2) is 0 Å². The summed E-state index contributed by atoms with van der Waals surface area (Å²) in [4.78, 5) is 25.0. The normalized spacial score (nSPS) is 29.3. The largest absolute Gasteiger partial charge is 0.469 e. The molecule has 0 aliphatic heterocycles.